The lowest BCUT2D eigenvalue weighted by Crippen LogP contribution is -1.96. The molecule has 2 N–H and O–H groups in total. The van der Waals surface area contributed by atoms with Gasteiger partial charge in [0.1, 0.15) is 5.03 Å². The van der Waals surface area contributed by atoms with Crippen molar-refractivity contribution in [2.75, 3.05) is 12.8 Å². The number of ether oxygens (including phenoxy) is 1. The maximum atomic E-state index is 6.10. The molecule has 94 valence electrons. The Labute approximate surface area is 115 Å². The van der Waals surface area contributed by atoms with Crippen molar-refractivity contribution in [2.24, 2.45) is 0 Å². The summed E-state index contributed by atoms with van der Waals surface area (Å²) in [4.78, 5) is 4.31. The van der Waals surface area contributed by atoms with Crippen LogP contribution < -0.4 is 10.5 Å². The maximum absolute atomic E-state index is 6.10. The molecule has 3 nitrogen and oxygen atoms in total. The van der Waals surface area contributed by atoms with Crippen molar-refractivity contribution in [3.63, 3.8) is 0 Å². The fourth-order valence-electron chi connectivity index (χ4n) is 1.45. The van der Waals surface area contributed by atoms with E-state index < -0.39 is 0 Å². The molecule has 0 aliphatic heterocycles. The summed E-state index contributed by atoms with van der Waals surface area (Å²) >= 11 is 7.69. The molecular weight excluding hydrogens is 268 g/mol. The van der Waals surface area contributed by atoms with Gasteiger partial charge in [-0.1, -0.05) is 29.8 Å². The summed E-state index contributed by atoms with van der Waals surface area (Å²) in [6.45, 7) is 0. The third-order valence-electron chi connectivity index (χ3n) is 2.39. The van der Waals surface area contributed by atoms with Gasteiger partial charge in [-0.15, -0.1) is 11.8 Å². The van der Waals surface area contributed by atoms with Crippen LogP contribution in [0.25, 0.3) is 0 Å². The number of pyridine rings is 1. The normalized spacial score (nSPS) is 10.3. The minimum atomic E-state index is 0.458. The Bertz CT molecular complexity index is 548. The zero-order chi connectivity index (χ0) is 13.0. The molecule has 1 aromatic carbocycles. The Morgan fingerprint density at radius 3 is 2.78 bits per heavy atom. The standard InChI is InChI=1S/C13H13ClN2OS/c1-17-13-11(15)6-7-12(16-13)18-8-9-4-2-3-5-10(9)14/h2-7H,8,15H2,1H3. The minimum Gasteiger partial charge on any atom is -0.480 e. The smallest absolute Gasteiger partial charge is 0.237 e. The summed E-state index contributed by atoms with van der Waals surface area (Å²) in [7, 11) is 1.56. The number of rotatable bonds is 4. The molecule has 1 aromatic heterocycles. The average Bonchev–Trinajstić information content (AvgIpc) is 2.39. The first-order chi connectivity index (χ1) is 8.70. The molecule has 0 aliphatic rings. The van der Waals surface area contributed by atoms with E-state index in [9.17, 15) is 0 Å². The second-order valence-corrected chi connectivity index (χ2v) is 5.03. The monoisotopic (exact) mass is 280 g/mol. The lowest BCUT2D eigenvalue weighted by Gasteiger charge is -2.06. The number of halogens is 1. The number of anilines is 1. The second-order valence-electron chi connectivity index (χ2n) is 3.63. The molecule has 0 unspecified atom stereocenters. The predicted octanol–water partition coefficient (Wildman–Crippen LogP) is 3.62. The van der Waals surface area contributed by atoms with Gasteiger partial charge in [0.05, 0.1) is 12.8 Å². The highest BCUT2D eigenvalue weighted by molar-refractivity contribution is 7.98. The first kappa shape index (κ1) is 13.1. The highest BCUT2D eigenvalue weighted by atomic mass is 35.5. The quantitative estimate of drug-likeness (QED) is 0.869. The number of aromatic nitrogens is 1. The zero-order valence-corrected chi connectivity index (χ0v) is 11.5. The van der Waals surface area contributed by atoms with Crippen LogP contribution in [-0.4, -0.2) is 12.1 Å². The summed E-state index contributed by atoms with van der Waals surface area (Å²) in [5.74, 6) is 1.22. The molecule has 0 fully saturated rings. The van der Waals surface area contributed by atoms with Crippen LogP contribution in [0.15, 0.2) is 41.4 Å². The van der Waals surface area contributed by atoms with Gasteiger partial charge < -0.3 is 10.5 Å². The molecule has 0 saturated heterocycles. The number of nitrogens with zero attached hydrogens (tertiary/aromatic N) is 1. The fourth-order valence-corrected chi connectivity index (χ4v) is 2.59. The van der Waals surface area contributed by atoms with Crippen molar-refractivity contribution in [3.8, 4) is 5.88 Å². The number of hydrogen-bond donors (Lipinski definition) is 1. The largest absolute Gasteiger partial charge is 0.480 e. The van der Waals surface area contributed by atoms with E-state index in [1.807, 2.05) is 30.3 Å². The highest BCUT2D eigenvalue weighted by Gasteiger charge is 2.05. The summed E-state index contributed by atoms with van der Waals surface area (Å²) in [5.41, 5.74) is 7.34. The van der Waals surface area contributed by atoms with Crippen LogP contribution in [0, 0.1) is 0 Å². The lowest BCUT2D eigenvalue weighted by atomic mass is 10.2. The van der Waals surface area contributed by atoms with Gasteiger partial charge in [0, 0.05) is 10.8 Å². The molecular formula is C13H13ClN2OS. The lowest BCUT2D eigenvalue weighted by molar-refractivity contribution is 0.397. The summed E-state index contributed by atoms with van der Waals surface area (Å²) in [6, 6.07) is 11.4. The van der Waals surface area contributed by atoms with Crippen LogP contribution >= 0.6 is 23.4 Å². The van der Waals surface area contributed by atoms with Gasteiger partial charge in [0.15, 0.2) is 0 Å². The minimum absolute atomic E-state index is 0.458. The van der Waals surface area contributed by atoms with Gasteiger partial charge in [-0.25, -0.2) is 4.98 Å². The van der Waals surface area contributed by atoms with Crippen LogP contribution in [-0.2, 0) is 5.75 Å². The molecule has 0 amide bonds. The number of nitrogen functional groups attached to an aromatic ring is 1. The van der Waals surface area contributed by atoms with Gasteiger partial charge in [-0.3, -0.25) is 0 Å². The molecule has 1 heterocycles. The molecule has 2 rings (SSSR count). The predicted molar refractivity (Wildman–Crippen MR) is 76.2 cm³/mol. The van der Waals surface area contributed by atoms with E-state index in [0.717, 1.165) is 21.4 Å². The van der Waals surface area contributed by atoms with Crippen molar-refractivity contribution in [2.45, 2.75) is 10.8 Å². The third kappa shape index (κ3) is 3.09. The third-order valence-corrected chi connectivity index (χ3v) is 3.74. The molecule has 0 spiro atoms. The maximum Gasteiger partial charge on any atom is 0.237 e. The Morgan fingerprint density at radius 1 is 1.28 bits per heavy atom. The van der Waals surface area contributed by atoms with Crippen LogP contribution in [0.3, 0.4) is 0 Å². The van der Waals surface area contributed by atoms with Gasteiger partial charge in [0.25, 0.3) is 0 Å². The Kier molecular flexibility index (Phi) is 4.33. The zero-order valence-electron chi connectivity index (χ0n) is 9.89. The van der Waals surface area contributed by atoms with Crippen LogP contribution in [0.2, 0.25) is 5.02 Å². The molecule has 2 aromatic rings. The number of methoxy groups -OCH3 is 1. The van der Waals surface area contributed by atoms with Gasteiger partial charge >= 0.3 is 0 Å². The Balaban J connectivity index is 2.09. The van der Waals surface area contributed by atoms with Crippen molar-refractivity contribution in [3.05, 3.63) is 47.0 Å². The van der Waals surface area contributed by atoms with Gasteiger partial charge in [0.2, 0.25) is 5.88 Å². The topological polar surface area (TPSA) is 48.1 Å². The number of hydrogen-bond acceptors (Lipinski definition) is 4. The van der Waals surface area contributed by atoms with Crippen LogP contribution in [0.5, 0.6) is 5.88 Å². The summed E-state index contributed by atoms with van der Waals surface area (Å²) in [5, 5.41) is 1.63. The number of thioether (sulfide) groups is 1. The first-order valence-electron chi connectivity index (χ1n) is 5.37. The van der Waals surface area contributed by atoms with E-state index in [4.69, 9.17) is 22.1 Å². The fraction of sp³-hybridized carbons (Fsp3) is 0.154. The van der Waals surface area contributed by atoms with Gasteiger partial charge in [-0.2, -0.15) is 0 Å². The van der Waals surface area contributed by atoms with Crippen molar-refractivity contribution in [1.29, 1.82) is 0 Å². The van der Waals surface area contributed by atoms with Crippen LogP contribution in [0.4, 0.5) is 5.69 Å². The Morgan fingerprint density at radius 2 is 2.06 bits per heavy atom. The SMILES string of the molecule is COc1nc(SCc2ccccc2Cl)ccc1N. The first-order valence-corrected chi connectivity index (χ1v) is 6.74. The number of benzene rings is 1. The van der Waals surface area contributed by atoms with Crippen molar-refractivity contribution < 1.29 is 4.74 Å². The van der Waals surface area contributed by atoms with E-state index in [1.165, 1.54) is 0 Å². The highest BCUT2D eigenvalue weighted by Crippen LogP contribution is 2.28. The molecule has 0 radical (unpaired) electrons. The van der Waals surface area contributed by atoms with Gasteiger partial charge in [-0.05, 0) is 23.8 Å². The van der Waals surface area contributed by atoms with Crippen molar-refractivity contribution in [1.82, 2.24) is 4.98 Å². The van der Waals surface area contributed by atoms with E-state index >= 15 is 0 Å². The van der Waals surface area contributed by atoms with E-state index in [1.54, 1.807) is 24.9 Å². The molecule has 5 heteroatoms. The Hall–Kier alpha value is -1.39. The molecule has 0 atom stereocenters. The molecule has 0 bridgehead atoms. The van der Waals surface area contributed by atoms with Crippen LogP contribution in [0.1, 0.15) is 5.56 Å². The average molecular weight is 281 g/mol. The summed E-state index contributed by atoms with van der Waals surface area (Å²) in [6.07, 6.45) is 0. The molecule has 18 heavy (non-hydrogen) atoms. The molecule has 0 aliphatic carbocycles. The van der Waals surface area contributed by atoms with Crippen molar-refractivity contribution >= 4 is 29.1 Å². The van der Waals surface area contributed by atoms with E-state index in [2.05, 4.69) is 4.98 Å². The number of nitrogens with two attached hydrogens (primary N) is 1. The summed E-state index contributed by atoms with van der Waals surface area (Å²) < 4.78 is 5.09. The van der Waals surface area contributed by atoms with E-state index in [-0.39, 0.29) is 0 Å². The molecule has 0 saturated carbocycles. The van der Waals surface area contributed by atoms with E-state index in [0.29, 0.717) is 11.6 Å². The second kappa shape index (κ2) is 5.98.